The first-order valence-electron chi connectivity index (χ1n) is 10.5. The minimum Gasteiger partial charge on any atom is -0.490 e. The summed E-state index contributed by atoms with van der Waals surface area (Å²) in [6, 6.07) is 17.9. The minimum atomic E-state index is -0.0692. The maximum absolute atomic E-state index is 13.6. The van der Waals surface area contributed by atoms with Gasteiger partial charge in [-0.2, -0.15) is 0 Å². The Balaban J connectivity index is 1.68. The van der Waals surface area contributed by atoms with Gasteiger partial charge in [0.1, 0.15) is 0 Å². The van der Waals surface area contributed by atoms with Crippen molar-refractivity contribution in [1.29, 1.82) is 0 Å². The molecule has 0 N–H and O–H groups in total. The summed E-state index contributed by atoms with van der Waals surface area (Å²) in [5.74, 6) is 1.33. The van der Waals surface area contributed by atoms with Crippen LogP contribution < -0.4 is 9.47 Å². The summed E-state index contributed by atoms with van der Waals surface area (Å²) in [6.45, 7) is 5.85. The topological polar surface area (TPSA) is 38.8 Å². The van der Waals surface area contributed by atoms with E-state index < -0.39 is 0 Å². The van der Waals surface area contributed by atoms with Crippen LogP contribution in [0.2, 0.25) is 0 Å². The maximum Gasteiger partial charge on any atom is 0.254 e. The number of thiophene rings is 1. The lowest BCUT2D eigenvalue weighted by Crippen LogP contribution is -2.40. The summed E-state index contributed by atoms with van der Waals surface area (Å²) < 4.78 is 11.6. The molecule has 0 aliphatic carbocycles. The quantitative estimate of drug-likeness (QED) is 0.489. The summed E-state index contributed by atoms with van der Waals surface area (Å²) in [5, 5.41) is 2.13. The van der Waals surface area contributed by atoms with Crippen LogP contribution in [0.25, 0.3) is 0 Å². The first-order valence-corrected chi connectivity index (χ1v) is 11.4. The third-order valence-electron chi connectivity index (χ3n) is 5.29. The largest absolute Gasteiger partial charge is 0.490 e. The van der Waals surface area contributed by atoms with E-state index >= 15 is 0 Å². The Morgan fingerprint density at radius 3 is 2.67 bits per heavy atom. The molecule has 156 valence electrons. The second kappa shape index (κ2) is 9.35. The highest BCUT2D eigenvalue weighted by Gasteiger charge is 2.33. The van der Waals surface area contributed by atoms with Crippen LogP contribution in [0.15, 0.2) is 60.0 Å². The van der Waals surface area contributed by atoms with Crippen molar-refractivity contribution in [3.8, 4) is 11.5 Å². The fraction of sp³-hybridized carbons (Fsp3) is 0.320. The molecule has 2 aromatic carbocycles. The molecule has 4 nitrogen and oxygen atoms in total. The van der Waals surface area contributed by atoms with Crippen LogP contribution in [-0.4, -0.2) is 30.6 Å². The van der Waals surface area contributed by atoms with Crippen molar-refractivity contribution in [1.82, 2.24) is 4.90 Å². The van der Waals surface area contributed by atoms with E-state index in [0.717, 1.165) is 18.4 Å². The molecule has 0 bridgehead atoms. The predicted molar refractivity (Wildman–Crippen MR) is 121 cm³/mol. The summed E-state index contributed by atoms with van der Waals surface area (Å²) in [5.41, 5.74) is 3.00. The fourth-order valence-corrected chi connectivity index (χ4v) is 4.84. The molecule has 0 fully saturated rings. The molecule has 1 aromatic heterocycles. The number of rotatable bonds is 7. The van der Waals surface area contributed by atoms with E-state index in [9.17, 15) is 4.79 Å². The zero-order chi connectivity index (χ0) is 20.9. The highest BCUT2D eigenvalue weighted by atomic mass is 32.1. The van der Waals surface area contributed by atoms with E-state index in [-0.39, 0.29) is 11.9 Å². The monoisotopic (exact) mass is 421 g/mol. The molecule has 3 aromatic rings. The third kappa shape index (κ3) is 4.08. The van der Waals surface area contributed by atoms with Crippen molar-refractivity contribution in [3.63, 3.8) is 0 Å². The second-order valence-corrected chi connectivity index (χ2v) is 8.30. The zero-order valence-corrected chi connectivity index (χ0v) is 18.3. The lowest BCUT2D eigenvalue weighted by Gasteiger charge is -2.36. The van der Waals surface area contributed by atoms with E-state index in [1.54, 1.807) is 11.3 Å². The van der Waals surface area contributed by atoms with Gasteiger partial charge in [0.25, 0.3) is 5.91 Å². The molecule has 2 heterocycles. The van der Waals surface area contributed by atoms with Gasteiger partial charge in [-0.25, -0.2) is 0 Å². The Morgan fingerprint density at radius 1 is 1.07 bits per heavy atom. The van der Waals surface area contributed by atoms with Crippen LogP contribution >= 0.6 is 11.3 Å². The molecule has 1 amide bonds. The second-order valence-electron chi connectivity index (χ2n) is 7.30. The van der Waals surface area contributed by atoms with Crippen molar-refractivity contribution < 1.29 is 14.3 Å². The smallest absolute Gasteiger partial charge is 0.254 e. The molecule has 5 heteroatoms. The molecular weight excluding hydrogens is 394 g/mol. The van der Waals surface area contributed by atoms with Gasteiger partial charge in [0.05, 0.1) is 19.3 Å². The van der Waals surface area contributed by atoms with E-state index in [2.05, 4.69) is 30.5 Å². The average Bonchev–Trinajstić information content (AvgIpc) is 3.27. The zero-order valence-electron chi connectivity index (χ0n) is 17.5. The van der Waals surface area contributed by atoms with Gasteiger partial charge in [0.15, 0.2) is 11.5 Å². The minimum absolute atomic E-state index is 0.0173. The number of carbonyl (C=O) groups excluding carboxylic acids is 1. The van der Waals surface area contributed by atoms with Crippen molar-refractivity contribution in [2.45, 2.75) is 32.7 Å². The number of amides is 1. The Bertz CT molecular complexity index is 999. The Kier molecular flexibility index (Phi) is 6.38. The van der Waals surface area contributed by atoms with E-state index in [1.165, 1.54) is 10.4 Å². The van der Waals surface area contributed by atoms with Crippen LogP contribution in [-0.2, 0) is 6.42 Å². The van der Waals surface area contributed by atoms with Crippen molar-refractivity contribution in [3.05, 3.63) is 81.5 Å². The molecule has 4 rings (SSSR count). The number of nitrogens with zero attached hydrogens (tertiary/aromatic N) is 1. The molecule has 0 spiro atoms. The number of hydrogen-bond donors (Lipinski definition) is 0. The van der Waals surface area contributed by atoms with E-state index in [4.69, 9.17) is 9.47 Å². The number of benzene rings is 2. The molecule has 1 atom stereocenters. The summed E-state index contributed by atoms with van der Waals surface area (Å²) in [6.07, 6.45) is 1.81. The maximum atomic E-state index is 13.6. The summed E-state index contributed by atoms with van der Waals surface area (Å²) >= 11 is 1.78. The normalized spacial score (nSPS) is 15.5. The average molecular weight is 422 g/mol. The highest BCUT2D eigenvalue weighted by molar-refractivity contribution is 7.10. The Hall–Kier alpha value is -2.79. The fourth-order valence-electron chi connectivity index (χ4n) is 3.94. The van der Waals surface area contributed by atoms with E-state index in [0.29, 0.717) is 36.8 Å². The number of fused-ring (bicyclic) bond motifs is 1. The molecule has 1 unspecified atom stereocenters. The van der Waals surface area contributed by atoms with Crippen LogP contribution in [0.4, 0.5) is 0 Å². The van der Waals surface area contributed by atoms with E-state index in [1.807, 2.05) is 48.2 Å². The van der Waals surface area contributed by atoms with Crippen molar-refractivity contribution in [2.75, 3.05) is 19.8 Å². The van der Waals surface area contributed by atoms with Crippen LogP contribution in [0.5, 0.6) is 11.5 Å². The Morgan fingerprint density at radius 2 is 1.90 bits per heavy atom. The van der Waals surface area contributed by atoms with Gasteiger partial charge in [0, 0.05) is 17.0 Å². The third-order valence-corrected chi connectivity index (χ3v) is 6.29. The van der Waals surface area contributed by atoms with Crippen LogP contribution in [0.3, 0.4) is 0 Å². The predicted octanol–water partition coefficient (Wildman–Crippen LogP) is 5.72. The van der Waals surface area contributed by atoms with Gasteiger partial charge in [-0.1, -0.05) is 37.3 Å². The van der Waals surface area contributed by atoms with Crippen LogP contribution in [0, 0.1) is 0 Å². The molecular formula is C25H27NO3S. The van der Waals surface area contributed by atoms with Gasteiger partial charge in [-0.15, -0.1) is 11.3 Å². The van der Waals surface area contributed by atoms with Gasteiger partial charge in [0.2, 0.25) is 0 Å². The highest BCUT2D eigenvalue weighted by Crippen LogP contribution is 2.39. The van der Waals surface area contributed by atoms with Gasteiger partial charge >= 0.3 is 0 Å². The summed E-state index contributed by atoms with van der Waals surface area (Å²) in [7, 11) is 0. The summed E-state index contributed by atoms with van der Waals surface area (Å²) in [4.78, 5) is 17.0. The molecule has 1 aliphatic rings. The number of hydrogen-bond acceptors (Lipinski definition) is 4. The Labute approximate surface area is 182 Å². The van der Waals surface area contributed by atoms with Gasteiger partial charge < -0.3 is 14.4 Å². The molecule has 0 saturated heterocycles. The lowest BCUT2D eigenvalue weighted by atomic mass is 9.92. The lowest BCUT2D eigenvalue weighted by molar-refractivity contribution is 0.0695. The first kappa shape index (κ1) is 20.5. The number of ether oxygens (including phenoxy) is 2. The van der Waals surface area contributed by atoms with Crippen molar-refractivity contribution >= 4 is 17.2 Å². The van der Waals surface area contributed by atoms with Gasteiger partial charge in [-0.3, -0.25) is 4.79 Å². The molecule has 0 radical (unpaired) electrons. The SMILES string of the molecule is CCCOc1ccc(C(=O)N2CCc3sccc3C2c2ccccc2)cc1OCC. The number of carbonyl (C=O) groups is 1. The van der Waals surface area contributed by atoms with Gasteiger partial charge in [-0.05, 0) is 60.5 Å². The standard InChI is InChI=1S/C25H27NO3S/c1-3-15-29-21-11-10-19(17-22(21)28-4-2)25(27)26-14-12-23-20(13-16-30-23)24(26)18-8-6-5-7-9-18/h5-11,13,16-17,24H,3-4,12,14-15H2,1-2H3. The van der Waals surface area contributed by atoms with Crippen LogP contribution in [0.1, 0.15) is 52.7 Å². The van der Waals surface area contributed by atoms with Crippen molar-refractivity contribution in [2.24, 2.45) is 0 Å². The molecule has 1 aliphatic heterocycles. The molecule has 0 saturated carbocycles. The molecule has 30 heavy (non-hydrogen) atoms. The first-order chi connectivity index (χ1) is 14.7.